The van der Waals surface area contributed by atoms with Crippen molar-refractivity contribution in [1.29, 1.82) is 0 Å². The predicted molar refractivity (Wildman–Crippen MR) is 78.8 cm³/mol. The largest absolute Gasteiger partial charge is 0.399 e. The molecule has 0 heterocycles. The second-order valence-electron chi connectivity index (χ2n) is 4.19. The lowest BCUT2D eigenvalue weighted by atomic mass is 10.2. The van der Waals surface area contributed by atoms with E-state index in [1.807, 2.05) is 0 Å². The second-order valence-corrected chi connectivity index (χ2v) is 6.52. The van der Waals surface area contributed by atoms with Gasteiger partial charge in [0.1, 0.15) is 0 Å². The minimum atomic E-state index is -4.59. The first-order chi connectivity index (χ1) is 9.80. The number of alkyl halides is 2. The second kappa shape index (κ2) is 5.87. The topological polar surface area (TPSA) is 72.2 Å². The van der Waals surface area contributed by atoms with Gasteiger partial charge in [-0.1, -0.05) is 11.6 Å². The van der Waals surface area contributed by atoms with Crippen molar-refractivity contribution >= 4 is 38.5 Å². The number of benzene rings is 2. The van der Waals surface area contributed by atoms with E-state index in [2.05, 4.69) is 5.32 Å². The van der Waals surface area contributed by atoms with Crippen LogP contribution in [-0.2, 0) is 9.84 Å². The van der Waals surface area contributed by atoms with Crippen LogP contribution in [0.25, 0.3) is 0 Å². The van der Waals surface area contributed by atoms with E-state index in [0.29, 0.717) is 22.1 Å². The Morgan fingerprint density at radius 1 is 1.10 bits per heavy atom. The number of halogens is 3. The Kier molecular flexibility index (Phi) is 4.34. The molecular formula is C13H11ClF2N2O2S. The molecule has 2 aromatic carbocycles. The Labute approximate surface area is 125 Å². The third-order valence-electron chi connectivity index (χ3n) is 2.69. The highest BCUT2D eigenvalue weighted by molar-refractivity contribution is 7.91. The Morgan fingerprint density at radius 2 is 1.71 bits per heavy atom. The molecule has 3 N–H and O–H groups in total. The molecule has 2 rings (SSSR count). The average Bonchev–Trinajstić information content (AvgIpc) is 2.43. The number of hydrogen-bond acceptors (Lipinski definition) is 4. The molecule has 0 saturated carbocycles. The van der Waals surface area contributed by atoms with Gasteiger partial charge in [-0.3, -0.25) is 0 Å². The minimum Gasteiger partial charge on any atom is -0.399 e. The zero-order valence-electron chi connectivity index (χ0n) is 10.6. The maximum atomic E-state index is 12.4. The quantitative estimate of drug-likeness (QED) is 0.838. The van der Waals surface area contributed by atoms with Crippen molar-refractivity contribution in [1.82, 2.24) is 0 Å². The zero-order chi connectivity index (χ0) is 15.6. The molecule has 8 heteroatoms. The number of nitrogens with two attached hydrogens (primary N) is 1. The summed E-state index contributed by atoms with van der Waals surface area (Å²) < 4.78 is 47.4. The van der Waals surface area contributed by atoms with E-state index in [9.17, 15) is 17.2 Å². The fourth-order valence-corrected chi connectivity index (χ4v) is 2.51. The Bertz CT molecular complexity index is 749. The van der Waals surface area contributed by atoms with Gasteiger partial charge in [0, 0.05) is 11.4 Å². The van der Waals surface area contributed by atoms with Crippen molar-refractivity contribution in [3.63, 3.8) is 0 Å². The third kappa shape index (κ3) is 3.43. The molecule has 0 saturated heterocycles. The normalized spacial score (nSPS) is 11.6. The molecule has 0 fully saturated rings. The zero-order valence-corrected chi connectivity index (χ0v) is 12.1. The molecule has 0 spiro atoms. The maximum Gasteiger partial charge on any atom is 0.341 e. The van der Waals surface area contributed by atoms with Crippen LogP contribution >= 0.6 is 11.6 Å². The maximum absolute atomic E-state index is 12.4. The highest BCUT2D eigenvalue weighted by Crippen LogP contribution is 2.28. The summed E-state index contributed by atoms with van der Waals surface area (Å²) in [6.45, 7) is 0. The molecule has 0 bridgehead atoms. The molecule has 0 aliphatic carbocycles. The van der Waals surface area contributed by atoms with Crippen LogP contribution < -0.4 is 11.1 Å². The molecule has 0 amide bonds. The van der Waals surface area contributed by atoms with Gasteiger partial charge in [0.25, 0.3) is 0 Å². The van der Waals surface area contributed by atoms with Crippen molar-refractivity contribution in [3.8, 4) is 0 Å². The first-order valence-corrected chi connectivity index (χ1v) is 7.67. The van der Waals surface area contributed by atoms with Crippen molar-refractivity contribution < 1.29 is 17.2 Å². The summed E-state index contributed by atoms with van der Waals surface area (Å²) in [5.74, 6) is -3.44. The van der Waals surface area contributed by atoms with Crippen molar-refractivity contribution in [2.24, 2.45) is 0 Å². The summed E-state index contributed by atoms with van der Waals surface area (Å²) >= 11 is 5.98. The molecule has 0 aliphatic heterocycles. The number of hydrogen-bond donors (Lipinski definition) is 2. The summed E-state index contributed by atoms with van der Waals surface area (Å²) in [7, 11) is -4.59. The highest BCUT2D eigenvalue weighted by atomic mass is 35.5. The molecule has 0 aliphatic rings. The molecule has 112 valence electrons. The molecule has 0 radical (unpaired) electrons. The number of rotatable bonds is 4. The molecule has 0 unspecified atom stereocenters. The fourth-order valence-electron chi connectivity index (χ4n) is 1.63. The van der Waals surface area contributed by atoms with E-state index in [4.69, 9.17) is 17.3 Å². The Hall–Kier alpha value is -1.86. The van der Waals surface area contributed by atoms with E-state index in [-0.39, 0.29) is 0 Å². The standard InChI is InChI=1S/C13H11ClF2N2O2S/c14-11-6-1-8(17)7-12(11)18-9-2-4-10(5-3-9)21(19,20)13(15)16/h1-7,13,18H,17H2. The summed E-state index contributed by atoms with van der Waals surface area (Å²) in [4.78, 5) is -0.443. The Balaban J connectivity index is 2.26. The van der Waals surface area contributed by atoms with Crippen LogP contribution in [0.1, 0.15) is 0 Å². The van der Waals surface area contributed by atoms with Gasteiger partial charge in [-0.2, -0.15) is 8.78 Å². The van der Waals surface area contributed by atoms with E-state index in [1.165, 1.54) is 12.1 Å². The van der Waals surface area contributed by atoms with Gasteiger partial charge in [0.05, 0.1) is 15.6 Å². The van der Waals surface area contributed by atoms with Crippen LogP contribution in [0.3, 0.4) is 0 Å². The van der Waals surface area contributed by atoms with Gasteiger partial charge in [-0.25, -0.2) is 8.42 Å². The molecule has 2 aromatic rings. The first-order valence-electron chi connectivity index (χ1n) is 5.75. The van der Waals surface area contributed by atoms with E-state index < -0.39 is 20.5 Å². The highest BCUT2D eigenvalue weighted by Gasteiger charge is 2.26. The molecule has 4 nitrogen and oxygen atoms in total. The van der Waals surface area contributed by atoms with Crippen LogP contribution in [0.5, 0.6) is 0 Å². The number of nitrogens with one attached hydrogen (secondary N) is 1. The van der Waals surface area contributed by atoms with Gasteiger partial charge in [0.2, 0.25) is 9.84 Å². The van der Waals surface area contributed by atoms with Gasteiger partial charge < -0.3 is 11.1 Å². The van der Waals surface area contributed by atoms with Crippen molar-refractivity contribution in [3.05, 3.63) is 47.5 Å². The van der Waals surface area contributed by atoms with E-state index >= 15 is 0 Å². The van der Waals surface area contributed by atoms with Crippen LogP contribution in [-0.4, -0.2) is 14.2 Å². The average molecular weight is 333 g/mol. The van der Waals surface area contributed by atoms with Crippen molar-refractivity contribution in [2.75, 3.05) is 11.1 Å². The van der Waals surface area contributed by atoms with E-state index in [0.717, 1.165) is 12.1 Å². The fraction of sp³-hybridized carbons (Fsp3) is 0.0769. The van der Waals surface area contributed by atoms with Crippen LogP contribution in [0.4, 0.5) is 25.8 Å². The third-order valence-corrected chi connectivity index (χ3v) is 4.41. The first kappa shape index (κ1) is 15.5. The van der Waals surface area contributed by atoms with Crippen LogP contribution in [0, 0.1) is 0 Å². The smallest absolute Gasteiger partial charge is 0.341 e. The lowest BCUT2D eigenvalue weighted by Crippen LogP contribution is -2.11. The van der Waals surface area contributed by atoms with Gasteiger partial charge in [-0.05, 0) is 42.5 Å². The lowest BCUT2D eigenvalue weighted by Gasteiger charge is -2.10. The van der Waals surface area contributed by atoms with Gasteiger partial charge in [0.15, 0.2) is 0 Å². The van der Waals surface area contributed by atoms with Crippen LogP contribution in [0.2, 0.25) is 5.02 Å². The molecule has 0 aromatic heterocycles. The predicted octanol–water partition coefficient (Wildman–Crippen LogP) is 3.66. The molecular weight excluding hydrogens is 322 g/mol. The van der Waals surface area contributed by atoms with Gasteiger partial charge in [-0.15, -0.1) is 0 Å². The number of sulfone groups is 1. The SMILES string of the molecule is Nc1ccc(Cl)c(Nc2ccc(S(=O)(=O)C(F)F)cc2)c1. The summed E-state index contributed by atoms with van der Waals surface area (Å²) in [6.07, 6.45) is 0. The van der Waals surface area contributed by atoms with Gasteiger partial charge >= 0.3 is 5.76 Å². The lowest BCUT2D eigenvalue weighted by molar-refractivity contribution is 0.234. The number of anilines is 3. The van der Waals surface area contributed by atoms with E-state index in [1.54, 1.807) is 18.2 Å². The number of nitrogen functional groups attached to an aromatic ring is 1. The Morgan fingerprint density at radius 3 is 2.29 bits per heavy atom. The summed E-state index contributed by atoms with van der Waals surface area (Å²) in [6, 6.07) is 9.78. The summed E-state index contributed by atoms with van der Waals surface area (Å²) in [5, 5.41) is 3.35. The monoisotopic (exact) mass is 332 g/mol. The molecule has 21 heavy (non-hydrogen) atoms. The van der Waals surface area contributed by atoms with Crippen molar-refractivity contribution in [2.45, 2.75) is 10.7 Å². The molecule has 0 atom stereocenters. The minimum absolute atomic E-state index is 0.425. The van der Waals surface area contributed by atoms with Crippen LogP contribution in [0.15, 0.2) is 47.4 Å². The summed E-state index contributed by atoms with van der Waals surface area (Å²) in [5.41, 5.74) is 7.16.